The van der Waals surface area contributed by atoms with E-state index >= 15 is 0 Å². The molecule has 0 amide bonds. The van der Waals surface area contributed by atoms with Crippen LogP contribution in [0.5, 0.6) is 0 Å². The fourth-order valence-corrected chi connectivity index (χ4v) is 2.91. The second-order valence-electron chi connectivity index (χ2n) is 4.64. The summed E-state index contributed by atoms with van der Waals surface area (Å²) in [6.45, 7) is 3.95. The molecule has 6 heteroatoms. The Kier molecular flexibility index (Phi) is 6.82. The summed E-state index contributed by atoms with van der Waals surface area (Å²) in [6, 6.07) is 3.54. The summed E-state index contributed by atoms with van der Waals surface area (Å²) < 4.78 is 40.4. The molecule has 0 bridgehead atoms. The number of sulfonamides is 1. The van der Waals surface area contributed by atoms with E-state index in [9.17, 15) is 12.8 Å². The zero-order valence-corrected chi connectivity index (χ0v) is 13.0. The maximum atomic E-state index is 13.8. The van der Waals surface area contributed by atoms with E-state index in [4.69, 9.17) is 5.11 Å². The number of hydrogen-bond donors (Lipinski definition) is 2. The Morgan fingerprint density at radius 2 is 2.00 bits per heavy atom. The standard InChI is InChI=1S/C15H20FNO3S/c1-3-12(4-2)11-17-21(19,20)14-8-7-13(6-5-9-18)15(16)10-14/h7-8,10,12,17-18H,3-4,9,11H2,1-2H3. The molecule has 116 valence electrons. The first kappa shape index (κ1) is 17.6. The third-order valence-electron chi connectivity index (χ3n) is 3.27. The Morgan fingerprint density at radius 1 is 1.33 bits per heavy atom. The third kappa shape index (κ3) is 5.12. The Balaban J connectivity index is 2.91. The maximum absolute atomic E-state index is 13.8. The van der Waals surface area contributed by atoms with Crippen LogP contribution >= 0.6 is 0 Å². The zero-order valence-electron chi connectivity index (χ0n) is 12.2. The van der Waals surface area contributed by atoms with Crippen LogP contribution < -0.4 is 4.72 Å². The molecular weight excluding hydrogens is 293 g/mol. The first-order valence-corrected chi connectivity index (χ1v) is 8.31. The molecule has 0 atom stereocenters. The highest BCUT2D eigenvalue weighted by atomic mass is 32.2. The van der Waals surface area contributed by atoms with Crippen molar-refractivity contribution in [3.63, 3.8) is 0 Å². The van der Waals surface area contributed by atoms with Gasteiger partial charge in [-0.25, -0.2) is 17.5 Å². The molecule has 0 aliphatic rings. The summed E-state index contributed by atoms with van der Waals surface area (Å²) in [6.07, 6.45) is 1.76. The molecule has 0 unspecified atom stereocenters. The van der Waals surface area contributed by atoms with Gasteiger partial charge in [0.05, 0.1) is 10.5 Å². The molecule has 0 saturated heterocycles. The van der Waals surface area contributed by atoms with Crippen molar-refractivity contribution in [1.82, 2.24) is 4.72 Å². The van der Waals surface area contributed by atoms with Gasteiger partial charge in [0, 0.05) is 6.54 Å². The molecule has 2 N–H and O–H groups in total. The summed E-state index contributed by atoms with van der Waals surface area (Å²) in [5, 5.41) is 8.57. The molecule has 4 nitrogen and oxygen atoms in total. The summed E-state index contributed by atoms with van der Waals surface area (Å²) >= 11 is 0. The van der Waals surface area contributed by atoms with Crippen molar-refractivity contribution in [1.29, 1.82) is 0 Å². The van der Waals surface area contributed by atoms with E-state index in [2.05, 4.69) is 16.6 Å². The van der Waals surface area contributed by atoms with Crippen LogP contribution in [-0.2, 0) is 10.0 Å². The third-order valence-corrected chi connectivity index (χ3v) is 4.69. The van der Waals surface area contributed by atoms with Crippen LogP contribution in [-0.4, -0.2) is 26.7 Å². The van der Waals surface area contributed by atoms with E-state index in [-0.39, 0.29) is 23.0 Å². The summed E-state index contributed by atoms with van der Waals surface area (Å²) in [5.41, 5.74) is 0.0583. The molecule has 0 spiro atoms. The fraction of sp³-hybridized carbons (Fsp3) is 0.467. The number of rotatable bonds is 6. The summed E-state index contributed by atoms with van der Waals surface area (Å²) in [5.74, 6) is 4.28. The molecule has 1 aromatic rings. The Morgan fingerprint density at radius 3 is 2.52 bits per heavy atom. The first-order valence-electron chi connectivity index (χ1n) is 6.83. The van der Waals surface area contributed by atoms with Crippen LogP contribution in [0.15, 0.2) is 23.1 Å². The first-order chi connectivity index (χ1) is 9.94. The highest BCUT2D eigenvalue weighted by molar-refractivity contribution is 7.89. The molecule has 0 fully saturated rings. The molecule has 0 radical (unpaired) electrons. The lowest BCUT2D eigenvalue weighted by Crippen LogP contribution is -2.29. The van der Waals surface area contributed by atoms with Gasteiger partial charge in [-0.05, 0) is 24.1 Å². The van der Waals surface area contributed by atoms with Crippen molar-refractivity contribution in [2.24, 2.45) is 5.92 Å². The number of nitrogens with one attached hydrogen (secondary N) is 1. The SMILES string of the molecule is CCC(CC)CNS(=O)(=O)c1ccc(C#CCO)c(F)c1. The van der Waals surface area contributed by atoms with Crippen molar-refractivity contribution in [2.75, 3.05) is 13.2 Å². The van der Waals surface area contributed by atoms with Crippen molar-refractivity contribution >= 4 is 10.0 Å². The lowest BCUT2D eigenvalue weighted by molar-refractivity contribution is 0.350. The van der Waals surface area contributed by atoms with E-state index in [1.807, 2.05) is 13.8 Å². The van der Waals surface area contributed by atoms with Crippen LogP contribution in [0.1, 0.15) is 32.3 Å². The Labute approximate surface area is 125 Å². The van der Waals surface area contributed by atoms with Gasteiger partial charge in [0.25, 0.3) is 0 Å². The van der Waals surface area contributed by atoms with Gasteiger partial charge in [0.1, 0.15) is 12.4 Å². The monoisotopic (exact) mass is 313 g/mol. The largest absolute Gasteiger partial charge is 0.384 e. The molecule has 0 aromatic heterocycles. The average molecular weight is 313 g/mol. The molecule has 0 aliphatic heterocycles. The van der Waals surface area contributed by atoms with Gasteiger partial charge in [-0.3, -0.25) is 0 Å². The lowest BCUT2D eigenvalue weighted by Gasteiger charge is -2.13. The predicted octanol–water partition coefficient (Wildman–Crippen LogP) is 1.88. The number of aliphatic hydroxyl groups excluding tert-OH is 1. The summed E-state index contributed by atoms with van der Waals surface area (Å²) in [4.78, 5) is -0.125. The highest BCUT2D eigenvalue weighted by Gasteiger charge is 2.17. The topological polar surface area (TPSA) is 66.4 Å². The van der Waals surface area contributed by atoms with Crippen molar-refractivity contribution in [2.45, 2.75) is 31.6 Å². The normalized spacial score (nSPS) is 11.3. The predicted molar refractivity (Wildman–Crippen MR) is 79.6 cm³/mol. The second-order valence-corrected chi connectivity index (χ2v) is 6.40. The van der Waals surface area contributed by atoms with Crippen molar-refractivity contribution in [3.05, 3.63) is 29.6 Å². The van der Waals surface area contributed by atoms with Gasteiger partial charge in [-0.2, -0.15) is 0 Å². The molecule has 0 aliphatic carbocycles. The van der Waals surface area contributed by atoms with Gasteiger partial charge in [-0.15, -0.1) is 0 Å². The molecule has 21 heavy (non-hydrogen) atoms. The number of aliphatic hydroxyl groups is 1. The van der Waals surface area contributed by atoms with Gasteiger partial charge in [0.15, 0.2) is 0 Å². The van der Waals surface area contributed by atoms with Crippen LogP contribution in [0.3, 0.4) is 0 Å². The van der Waals surface area contributed by atoms with E-state index in [0.29, 0.717) is 6.54 Å². The molecule has 1 aromatic carbocycles. The minimum Gasteiger partial charge on any atom is -0.384 e. The number of hydrogen-bond acceptors (Lipinski definition) is 3. The van der Waals surface area contributed by atoms with Gasteiger partial charge in [-0.1, -0.05) is 38.5 Å². The minimum absolute atomic E-state index is 0.0583. The fourth-order valence-electron chi connectivity index (χ4n) is 1.79. The molecule has 1 rings (SSSR count). The average Bonchev–Trinajstić information content (AvgIpc) is 2.47. The smallest absolute Gasteiger partial charge is 0.240 e. The second kappa shape index (κ2) is 8.13. The summed E-state index contributed by atoms with van der Waals surface area (Å²) in [7, 11) is -3.72. The maximum Gasteiger partial charge on any atom is 0.240 e. The highest BCUT2D eigenvalue weighted by Crippen LogP contribution is 2.15. The van der Waals surface area contributed by atoms with Crippen molar-refractivity contribution in [3.8, 4) is 11.8 Å². The van der Waals surface area contributed by atoms with E-state index in [1.165, 1.54) is 12.1 Å². The zero-order chi connectivity index (χ0) is 15.9. The van der Waals surface area contributed by atoms with Crippen molar-refractivity contribution < 1.29 is 17.9 Å². The van der Waals surface area contributed by atoms with Gasteiger partial charge >= 0.3 is 0 Å². The van der Waals surface area contributed by atoms with Crippen LogP contribution in [0.2, 0.25) is 0 Å². The number of halogens is 1. The van der Waals surface area contributed by atoms with E-state index in [1.54, 1.807) is 0 Å². The van der Waals surface area contributed by atoms with Crippen LogP contribution in [0.4, 0.5) is 4.39 Å². The minimum atomic E-state index is -3.72. The van der Waals surface area contributed by atoms with Gasteiger partial charge < -0.3 is 5.11 Å². The Hall–Kier alpha value is -1.42. The molecule has 0 saturated carbocycles. The molecule has 0 heterocycles. The number of benzene rings is 1. The quantitative estimate of drug-likeness (QED) is 0.788. The van der Waals surface area contributed by atoms with Crippen LogP contribution in [0.25, 0.3) is 0 Å². The molecular formula is C15H20FNO3S. The van der Waals surface area contributed by atoms with Crippen LogP contribution in [0, 0.1) is 23.6 Å². The lowest BCUT2D eigenvalue weighted by atomic mass is 10.0. The van der Waals surface area contributed by atoms with Gasteiger partial charge in [0.2, 0.25) is 10.0 Å². The Bertz CT molecular complexity index is 628. The van der Waals surface area contributed by atoms with E-state index in [0.717, 1.165) is 18.9 Å². The van der Waals surface area contributed by atoms with E-state index < -0.39 is 15.8 Å².